The maximum atomic E-state index is 12.1. The maximum Gasteiger partial charge on any atom is 0.234 e. The molecule has 3 N–H and O–H groups in total. The van der Waals surface area contributed by atoms with E-state index in [1.165, 1.54) is 0 Å². The van der Waals surface area contributed by atoms with E-state index in [0.29, 0.717) is 5.92 Å². The zero-order chi connectivity index (χ0) is 16.1. The number of rotatable bonds is 8. The average Bonchev–Trinajstić information content (AvgIpc) is 3.28. The predicted octanol–water partition coefficient (Wildman–Crippen LogP) is 0.680. The number of nitrogens with two attached hydrogens (primary N) is 1. The standard InChI is InChI=1S/C16H23N3O3/c1-19(9-14(17)20)10-15(21)18-16(11-3-4-11)12-5-7-13(22-2)8-6-12/h5-8,11,16H,3-4,9-10H2,1-2H3,(H2,17,20)(H,18,21). The maximum absolute atomic E-state index is 12.1. The van der Waals surface area contributed by atoms with Crippen LogP contribution in [0.2, 0.25) is 0 Å². The number of carbonyl (C=O) groups is 2. The van der Waals surface area contributed by atoms with Crippen molar-refractivity contribution in [2.75, 3.05) is 27.2 Å². The van der Waals surface area contributed by atoms with E-state index in [1.807, 2.05) is 24.3 Å². The number of primary amides is 1. The minimum Gasteiger partial charge on any atom is -0.497 e. The molecule has 0 aromatic heterocycles. The second-order valence-electron chi connectivity index (χ2n) is 5.79. The summed E-state index contributed by atoms with van der Waals surface area (Å²) in [7, 11) is 3.33. The molecule has 1 aromatic carbocycles. The van der Waals surface area contributed by atoms with Crippen LogP contribution in [0.15, 0.2) is 24.3 Å². The number of amides is 2. The molecule has 6 heteroatoms. The highest BCUT2D eigenvalue weighted by Gasteiger charge is 2.33. The van der Waals surface area contributed by atoms with Crippen molar-refractivity contribution in [3.05, 3.63) is 29.8 Å². The van der Waals surface area contributed by atoms with Crippen molar-refractivity contribution in [3.8, 4) is 5.75 Å². The van der Waals surface area contributed by atoms with Crippen molar-refractivity contribution in [1.29, 1.82) is 0 Å². The molecule has 1 fully saturated rings. The number of nitrogens with one attached hydrogen (secondary N) is 1. The molecule has 120 valence electrons. The first-order valence-electron chi connectivity index (χ1n) is 7.39. The first-order chi connectivity index (χ1) is 10.5. The fourth-order valence-corrected chi connectivity index (χ4v) is 2.50. The molecule has 2 rings (SSSR count). The van der Waals surface area contributed by atoms with Crippen LogP contribution in [0, 0.1) is 5.92 Å². The van der Waals surface area contributed by atoms with Crippen molar-refractivity contribution in [1.82, 2.24) is 10.2 Å². The molecule has 0 heterocycles. The van der Waals surface area contributed by atoms with Crippen LogP contribution in [-0.2, 0) is 9.59 Å². The lowest BCUT2D eigenvalue weighted by Gasteiger charge is -2.21. The van der Waals surface area contributed by atoms with E-state index in [1.54, 1.807) is 19.1 Å². The minimum atomic E-state index is -0.441. The number of ether oxygens (including phenoxy) is 1. The molecule has 1 unspecified atom stereocenters. The molecule has 0 saturated heterocycles. The normalized spacial score (nSPS) is 15.4. The fraction of sp³-hybridized carbons (Fsp3) is 0.500. The van der Waals surface area contributed by atoms with Gasteiger partial charge in [0.05, 0.1) is 26.2 Å². The third-order valence-electron chi connectivity index (χ3n) is 3.72. The van der Waals surface area contributed by atoms with Crippen molar-refractivity contribution in [3.63, 3.8) is 0 Å². The first kappa shape index (κ1) is 16.3. The molecule has 22 heavy (non-hydrogen) atoms. The van der Waals surface area contributed by atoms with Crippen LogP contribution in [0.5, 0.6) is 5.75 Å². The van der Waals surface area contributed by atoms with Crippen LogP contribution in [0.1, 0.15) is 24.4 Å². The lowest BCUT2D eigenvalue weighted by molar-refractivity contribution is -0.124. The quantitative estimate of drug-likeness (QED) is 0.739. The third-order valence-corrected chi connectivity index (χ3v) is 3.72. The Bertz CT molecular complexity index is 526. The molecular formula is C16H23N3O3. The molecule has 1 aromatic rings. The van der Waals surface area contributed by atoms with Gasteiger partial charge < -0.3 is 15.8 Å². The van der Waals surface area contributed by atoms with E-state index in [-0.39, 0.29) is 25.0 Å². The summed E-state index contributed by atoms with van der Waals surface area (Å²) in [6.45, 7) is 0.229. The van der Waals surface area contributed by atoms with Gasteiger partial charge in [-0.15, -0.1) is 0 Å². The Morgan fingerprint density at radius 1 is 1.32 bits per heavy atom. The van der Waals surface area contributed by atoms with Gasteiger partial charge >= 0.3 is 0 Å². The van der Waals surface area contributed by atoms with E-state index < -0.39 is 5.91 Å². The molecule has 0 bridgehead atoms. The van der Waals surface area contributed by atoms with E-state index in [9.17, 15) is 9.59 Å². The highest BCUT2D eigenvalue weighted by atomic mass is 16.5. The van der Waals surface area contributed by atoms with Gasteiger partial charge in [0.1, 0.15) is 5.75 Å². The van der Waals surface area contributed by atoms with E-state index in [0.717, 1.165) is 24.2 Å². The van der Waals surface area contributed by atoms with Gasteiger partial charge in [-0.1, -0.05) is 12.1 Å². The SMILES string of the molecule is COc1ccc(C(NC(=O)CN(C)CC(N)=O)C2CC2)cc1. The van der Waals surface area contributed by atoms with Gasteiger partial charge in [0, 0.05) is 0 Å². The molecule has 6 nitrogen and oxygen atoms in total. The zero-order valence-corrected chi connectivity index (χ0v) is 13.0. The second-order valence-corrected chi connectivity index (χ2v) is 5.79. The molecule has 0 radical (unpaired) electrons. The largest absolute Gasteiger partial charge is 0.497 e. The van der Waals surface area contributed by atoms with Gasteiger partial charge in [0.2, 0.25) is 11.8 Å². The van der Waals surface area contributed by atoms with Crippen molar-refractivity contribution < 1.29 is 14.3 Å². The predicted molar refractivity (Wildman–Crippen MR) is 83.3 cm³/mol. The Kier molecular flexibility index (Phi) is 5.38. The van der Waals surface area contributed by atoms with Crippen molar-refractivity contribution in [2.45, 2.75) is 18.9 Å². The molecule has 1 saturated carbocycles. The Morgan fingerprint density at radius 2 is 1.95 bits per heavy atom. The summed E-state index contributed by atoms with van der Waals surface area (Å²) >= 11 is 0. The van der Waals surface area contributed by atoms with Crippen LogP contribution in [0.4, 0.5) is 0 Å². The van der Waals surface area contributed by atoms with Gasteiger partial charge in [-0.25, -0.2) is 0 Å². The van der Waals surface area contributed by atoms with Gasteiger partial charge in [-0.05, 0) is 43.5 Å². The summed E-state index contributed by atoms with van der Waals surface area (Å²) in [5, 5.41) is 3.06. The van der Waals surface area contributed by atoms with Crippen LogP contribution < -0.4 is 15.8 Å². The average molecular weight is 305 g/mol. The number of nitrogens with zero attached hydrogens (tertiary/aromatic N) is 1. The second kappa shape index (κ2) is 7.26. The fourth-order valence-electron chi connectivity index (χ4n) is 2.50. The van der Waals surface area contributed by atoms with Crippen LogP contribution >= 0.6 is 0 Å². The number of hydrogen-bond donors (Lipinski definition) is 2. The van der Waals surface area contributed by atoms with Crippen molar-refractivity contribution >= 4 is 11.8 Å². The molecule has 0 aliphatic heterocycles. The summed E-state index contributed by atoms with van der Waals surface area (Å²) < 4.78 is 5.16. The monoisotopic (exact) mass is 305 g/mol. The zero-order valence-electron chi connectivity index (χ0n) is 13.0. The van der Waals surface area contributed by atoms with E-state index in [4.69, 9.17) is 10.5 Å². The molecular weight excluding hydrogens is 282 g/mol. The van der Waals surface area contributed by atoms with Crippen LogP contribution in [0.3, 0.4) is 0 Å². The van der Waals surface area contributed by atoms with Crippen LogP contribution in [0.25, 0.3) is 0 Å². The van der Waals surface area contributed by atoms with Gasteiger partial charge in [0.25, 0.3) is 0 Å². The third kappa shape index (κ3) is 4.73. The summed E-state index contributed by atoms with van der Waals surface area (Å²) in [6.07, 6.45) is 2.24. The van der Waals surface area contributed by atoms with E-state index in [2.05, 4.69) is 5.32 Å². The number of methoxy groups -OCH3 is 1. The van der Waals surface area contributed by atoms with Gasteiger partial charge in [-0.2, -0.15) is 0 Å². The topological polar surface area (TPSA) is 84.7 Å². The lowest BCUT2D eigenvalue weighted by Crippen LogP contribution is -2.40. The number of hydrogen-bond acceptors (Lipinski definition) is 4. The van der Waals surface area contributed by atoms with Gasteiger partial charge in [0.15, 0.2) is 0 Å². The summed E-state index contributed by atoms with van der Waals surface area (Å²) in [5.41, 5.74) is 6.20. The summed E-state index contributed by atoms with van der Waals surface area (Å²) in [4.78, 5) is 24.6. The van der Waals surface area contributed by atoms with Crippen molar-refractivity contribution in [2.24, 2.45) is 11.7 Å². The highest BCUT2D eigenvalue weighted by Crippen LogP contribution is 2.41. The lowest BCUT2D eigenvalue weighted by atomic mass is 10.0. The Labute approximate surface area is 130 Å². The Hall–Kier alpha value is -2.08. The number of carbonyl (C=O) groups excluding carboxylic acids is 2. The summed E-state index contributed by atoms with van der Waals surface area (Å²) in [5.74, 6) is 0.741. The van der Waals surface area contributed by atoms with E-state index >= 15 is 0 Å². The minimum absolute atomic E-state index is 0.0142. The Morgan fingerprint density at radius 3 is 2.45 bits per heavy atom. The van der Waals surface area contributed by atoms with Crippen LogP contribution in [-0.4, -0.2) is 44.0 Å². The molecule has 1 atom stereocenters. The number of benzene rings is 1. The molecule has 1 aliphatic carbocycles. The molecule has 1 aliphatic rings. The Balaban J connectivity index is 1.96. The number of likely N-dealkylation sites (N-methyl/N-ethyl adjacent to an activating group) is 1. The smallest absolute Gasteiger partial charge is 0.234 e. The van der Waals surface area contributed by atoms with Gasteiger partial charge in [-0.3, -0.25) is 14.5 Å². The molecule has 2 amide bonds. The first-order valence-corrected chi connectivity index (χ1v) is 7.39. The molecule has 0 spiro atoms. The highest BCUT2D eigenvalue weighted by molar-refractivity contribution is 5.80. The summed E-state index contributed by atoms with van der Waals surface area (Å²) in [6, 6.07) is 7.77.